The average Bonchev–Trinajstić information content (AvgIpc) is 2.58. The van der Waals surface area contributed by atoms with Gasteiger partial charge in [-0.2, -0.15) is 0 Å². The summed E-state index contributed by atoms with van der Waals surface area (Å²) in [5.41, 5.74) is 3.64. The van der Waals surface area contributed by atoms with E-state index in [9.17, 15) is 19.2 Å². The van der Waals surface area contributed by atoms with Crippen LogP contribution in [0.1, 0.15) is 48.9 Å². The lowest BCUT2D eigenvalue weighted by Crippen LogP contribution is -2.12. The highest BCUT2D eigenvalue weighted by Gasteiger charge is 2.12. The predicted octanol–water partition coefficient (Wildman–Crippen LogP) is 3.66. The molecule has 0 aromatic heterocycles. The molecule has 0 N–H and O–H groups in total. The van der Waals surface area contributed by atoms with E-state index in [1.807, 2.05) is 38.1 Å². The van der Waals surface area contributed by atoms with Crippen LogP contribution in [0.25, 0.3) is 0 Å². The quantitative estimate of drug-likeness (QED) is 0.384. The number of rotatable bonds is 8. The maximum Gasteiger partial charge on any atom is 0.318 e. The molecule has 0 bridgehead atoms. The number of hydrogen-bond acceptors (Lipinski definition) is 6. The van der Waals surface area contributed by atoms with Crippen molar-refractivity contribution >= 4 is 23.5 Å². The van der Waals surface area contributed by atoms with Crippen molar-refractivity contribution in [3.05, 3.63) is 58.7 Å². The summed E-state index contributed by atoms with van der Waals surface area (Å²) >= 11 is 0. The van der Waals surface area contributed by atoms with Crippen LogP contribution in [0.2, 0.25) is 0 Å². The fourth-order valence-corrected chi connectivity index (χ4v) is 2.83. The van der Waals surface area contributed by atoms with Crippen LogP contribution >= 0.6 is 0 Å². The van der Waals surface area contributed by atoms with Crippen LogP contribution < -0.4 is 9.47 Å². The summed E-state index contributed by atoms with van der Waals surface area (Å²) in [7, 11) is 0. The highest BCUT2D eigenvalue weighted by atomic mass is 16.5. The molecule has 6 nitrogen and oxygen atoms in total. The molecule has 0 fully saturated rings. The third-order valence-corrected chi connectivity index (χ3v) is 4.12. The minimum Gasteiger partial charge on any atom is -0.426 e. The van der Waals surface area contributed by atoms with Crippen molar-refractivity contribution in [3.63, 3.8) is 0 Å². The molecule has 6 heteroatoms. The molecule has 0 spiro atoms. The van der Waals surface area contributed by atoms with Gasteiger partial charge in [0.25, 0.3) is 0 Å². The van der Waals surface area contributed by atoms with Gasteiger partial charge in [0.15, 0.2) is 0 Å². The second-order valence-corrected chi connectivity index (χ2v) is 7.08. The van der Waals surface area contributed by atoms with Gasteiger partial charge in [0, 0.05) is 0 Å². The van der Waals surface area contributed by atoms with E-state index in [1.165, 1.54) is 13.8 Å². The molecule has 2 aromatic carbocycles. The summed E-state index contributed by atoms with van der Waals surface area (Å²) in [6.07, 6.45) is 0.151. The van der Waals surface area contributed by atoms with E-state index in [0.29, 0.717) is 17.9 Å². The topological polar surface area (TPSA) is 86.7 Å². The van der Waals surface area contributed by atoms with E-state index in [0.717, 1.165) is 22.3 Å². The van der Waals surface area contributed by atoms with Gasteiger partial charge in [-0.1, -0.05) is 24.3 Å². The maximum absolute atomic E-state index is 11.7. The first-order valence-corrected chi connectivity index (χ1v) is 9.23. The van der Waals surface area contributed by atoms with Gasteiger partial charge in [0.1, 0.15) is 35.9 Å². The van der Waals surface area contributed by atoms with E-state index < -0.39 is 11.9 Å². The van der Waals surface area contributed by atoms with Crippen molar-refractivity contribution in [2.24, 2.45) is 0 Å². The normalized spacial score (nSPS) is 10.3. The fraction of sp³-hybridized carbons (Fsp3) is 0.304. The summed E-state index contributed by atoms with van der Waals surface area (Å²) < 4.78 is 10.5. The number of carbonyl (C=O) groups is 4. The Labute approximate surface area is 169 Å². The molecule has 152 valence electrons. The Hall–Kier alpha value is -3.28. The molecule has 0 aliphatic rings. The van der Waals surface area contributed by atoms with Crippen LogP contribution in [0.3, 0.4) is 0 Å². The van der Waals surface area contributed by atoms with E-state index >= 15 is 0 Å². The lowest BCUT2D eigenvalue weighted by Gasteiger charge is -2.11. The molecule has 0 heterocycles. The number of esters is 2. The summed E-state index contributed by atoms with van der Waals surface area (Å²) in [5, 5.41) is 0. The summed E-state index contributed by atoms with van der Waals surface area (Å²) in [5.74, 6) is -0.754. The molecule has 0 unspecified atom stereocenters. The molecule has 0 saturated carbocycles. The van der Waals surface area contributed by atoms with E-state index in [1.54, 1.807) is 12.1 Å². The lowest BCUT2D eigenvalue weighted by molar-refractivity contribution is -0.139. The molecule has 2 aromatic rings. The molecule has 0 radical (unpaired) electrons. The molecule has 0 aliphatic carbocycles. The molecule has 0 atom stereocenters. The smallest absolute Gasteiger partial charge is 0.318 e. The minimum absolute atomic E-state index is 0.241. The number of ether oxygens (including phenoxy) is 2. The van der Waals surface area contributed by atoms with Crippen LogP contribution in [0.15, 0.2) is 36.4 Å². The molecule has 29 heavy (non-hydrogen) atoms. The molecule has 0 aliphatic heterocycles. The molecular formula is C23H24O6. The Bertz CT molecular complexity index is 880. The minimum atomic E-state index is -0.570. The van der Waals surface area contributed by atoms with E-state index in [4.69, 9.17) is 9.47 Å². The van der Waals surface area contributed by atoms with Crippen molar-refractivity contribution < 1.29 is 28.7 Å². The summed E-state index contributed by atoms with van der Waals surface area (Å²) in [4.78, 5) is 45.3. The van der Waals surface area contributed by atoms with Crippen LogP contribution in [0.5, 0.6) is 11.5 Å². The zero-order chi connectivity index (χ0) is 21.6. The Balaban J connectivity index is 2.06. The van der Waals surface area contributed by atoms with E-state index in [-0.39, 0.29) is 24.4 Å². The molecular weight excluding hydrogens is 372 g/mol. The third-order valence-electron chi connectivity index (χ3n) is 4.12. The molecule has 2 rings (SSSR count). The highest BCUT2D eigenvalue weighted by Crippen LogP contribution is 2.24. The number of carbonyl (C=O) groups excluding carboxylic acids is 4. The third kappa shape index (κ3) is 6.99. The average molecular weight is 396 g/mol. The maximum atomic E-state index is 11.7. The van der Waals surface area contributed by atoms with Crippen molar-refractivity contribution in [2.75, 3.05) is 0 Å². The first kappa shape index (κ1) is 22.0. The lowest BCUT2D eigenvalue weighted by atomic mass is 10.0. The second-order valence-electron chi connectivity index (χ2n) is 7.08. The molecule has 0 amide bonds. The SMILES string of the molecule is CC(=O)CC(=O)Oc1ccc(Cc2ccc(OC(=O)CC(C)=O)c(C)c2)cc1C. The number of hydrogen-bond donors (Lipinski definition) is 0. The van der Waals surface area contributed by atoms with Gasteiger partial charge in [0.2, 0.25) is 0 Å². The van der Waals surface area contributed by atoms with Gasteiger partial charge in [-0.3, -0.25) is 19.2 Å². The summed E-state index contributed by atoms with van der Waals surface area (Å²) in [6, 6.07) is 11.0. The fourth-order valence-electron chi connectivity index (χ4n) is 2.83. The van der Waals surface area contributed by atoms with Crippen LogP contribution in [0, 0.1) is 13.8 Å². The Morgan fingerprint density at radius 2 is 1.07 bits per heavy atom. The Morgan fingerprint density at radius 3 is 1.38 bits per heavy atom. The van der Waals surface area contributed by atoms with Crippen molar-refractivity contribution in [1.82, 2.24) is 0 Å². The Kier molecular flexibility index (Phi) is 7.42. The zero-order valence-electron chi connectivity index (χ0n) is 17.0. The highest BCUT2D eigenvalue weighted by molar-refractivity contribution is 5.95. The summed E-state index contributed by atoms with van der Waals surface area (Å²) in [6.45, 7) is 6.36. The number of benzene rings is 2. The first-order chi connectivity index (χ1) is 13.6. The van der Waals surface area contributed by atoms with Gasteiger partial charge in [0.05, 0.1) is 0 Å². The Morgan fingerprint density at radius 1 is 0.690 bits per heavy atom. The number of ketones is 2. The van der Waals surface area contributed by atoms with Gasteiger partial charge >= 0.3 is 11.9 Å². The van der Waals surface area contributed by atoms with Gasteiger partial charge in [-0.05, 0) is 68.5 Å². The second kappa shape index (κ2) is 9.78. The zero-order valence-corrected chi connectivity index (χ0v) is 17.0. The van der Waals surface area contributed by atoms with Crippen LogP contribution in [-0.2, 0) is 25.6 Å². The van der Waals surface area contributed by atoms with Crippen LogP contribution in [0.4, 0.5) is 0 Å². The van der Waals surface area contributed by atoms with Crippen molar-refractivity contribution in [3.8, 4) is 11.5 Å². The monoisotopic (exact) mass is 396 g/mol. The van der Waals surface area contributed by atoms with E-state index in [2.05, 4.69) is 0 Å². The van der Waals surface area contributed by atoms with Crippen molar-refractivity contribution in [1.29, 1.82) is 0 Å². The first-order valence-electron chi connectivity index (χ1n) is 9.23. The van der Waals surface area contributed by atoms with Gasteiger partial charge in [-0.15, -0.1) is 0 Å². The van der Waals surface area contributed by atoms with Crippen molar-refractivity contribution in [2.45, 2.75) is 47.0 Å². The largest absolute Gasteiger partial charge is 0.426 e. The molecule has 0 saturated heterocycles. The van der Waals surface area contributed by atoms with Crippen LogP contribution in [-0.4, -0.2) is 23.5 Å². The predicted molar refractivity (Wildman–Crippen MR) is 107 cm³/mol. The van der Waals surface area contributed by atoms with Gasteiger partial charge < -0.3 is 9.47 Å². The number of aryl methyl sites for hydroxylation is 2. The van der Waals surface area contributed by atoms with Gasteiger partial charge in [-0.25, -0.2) is 0 Å². The number of Topliss-reactive ketones (excluding diaryl/α,β-unsaturated/α-hetero) is 2. The standard InChI is InChI=1S/C23H24O6/c1-14-9-18(5-7-20(14)28-22(26)11-16(3)24)13-19-6-8-21(15(2)10-19)29-23(27)12-17(4)25/h5-10H,11-13H2,1-4H3.